The number of carbonyl (C=O) groups is 2. The Balaban J connectivity index is 1.46. The number of sulfonamides is 1. The first-order valence-electron chi connectivity index (χ1n) is 9.82. The fourth-order valence-corrected chi connectivity index (χ4v) is 5.63. The van der Waals surface area contributed by atoms with Gasteiger partial charge in [-0.25, -0.2) is 17.7 Å². The highest BCUT2D eigenvalue weighted by Gasteiger charge is 2.47. The van der Waals surface area contributed by atoms with Crippen LogP contribution in [0.15, 0.2) is 53.4 Å². The van der Waals surface area contributed by atoms with E-state index >= 15 is 0 Å². The minimum Gasteiger partial charge on any atom is -0.322 e. The van der Waals surface area contributed by atoms with Gasteiger partial charge in [-0.05, 0) is 36.8 Å². The van der Waals surface area contributed by atoms with E-state index in [1.165, 1.54) is 27.4 Å². The molecule has 2 aliphatic rings. The Morgan fingerprint density at radius 3 is 2.40 bits per heavy atom. The smallest absolute Gasteiger partial charge is 0.292 e. The Hall–Kier alpha value is -2.62. The Morgan fingerprint density at radius 1 is 1.03 bits per heavy atom. The highest BCUT2D eigenvalue weighted by atomic mass is 32.2. The van der Waals surface area contributed by atoms with Crippen molar-refractivity contribution in [2.45, 2.75) is 24.3 Å². The van der Waals surface area contributed by atoms with E-state index in [0.717, 1.165) is 16.5 Å². The van der Waals surface area contributed by atoms with Crippen molar-refractivity contribution in [3.63, 3.8) is 0 Å². The molecule has 2 amide bonds. The van der Waals surface area contributed by atoms with Crippen LogP contribution >= 0.6 is 0 Å². The molecule has 2 fully saturated rings. The third-order valence-corrected chi connectivity index (χ3v) is 7.69. The van der Waals surface area contributed by atoms with Crippen LogP contribution in [0.4, 0.5) is 10.1 Å². The number of imide groups is 1. The monoisotopic (exact) mass is 432 g/mol. The molecule has 2 saturated heterocycles. The second-order valence-electron chi connectivity index (χ2n) is 7.63. The average Bonchev–Trinajstić information content (AvgIpc) is 3.02. The molecule has 0 radical (unpaired) electrons. The van der Waals surface area contributed by atoms with E-state index < -0.39 is 21.9 Å². The number of piperazine rings is 1. The fraction of sp³-hybridized carbons (Fsp3) is 0.333. The summed E-state index contributed by atoms with van der Waals surface area (Å²) in [6.07, 6.45) is 0.110. The van der Waals surface area contributed by atoms with Crippen LogP contribution in [0.2, 0.25) is 0 Å². The standard InChI is InChI=1S/C21H22FN3O4S/c1-15-5-2-3-8-18(15)25-20(26)14-19(21(25)27)23-9-11-24(12-10-23)30(28,29)17-7-4-6-16(22)13-17/h2-8,13,19H,9-12,14H2,1H3/p+1/t19-/m0/s1. The molecule has 7 nitrogen and oxygen atoms in total. The molecular weight excluding hydrogens is 409 g/mol. The molecule has 0 spiro atoms. The molecule has 0 aromatic heterocycles. The van der Waals surface area contributed by atoms with Crippen LogP contribution in [-0.4, -0.2) is 56.8 Å². The molecule has 158 valence electrons. The van der Waals surface area contributed by atoms with Gasteiger partial charge in [0.1, 0.15) is 5.82 Å². The van der Waals surface area contributed by atoms with Gasteiger partial charge in [0.25, 0.3) is 5.91 Å². The van der Waals surface area contributed by atoms with Gasteiger partial charge in [-0.2, -0.15) is 4.31 Å². The van der Waals surface area contributed by atoms with Crippen molar-refractivity contribution in [2.75, 3.05) is 31.1 Å². The topological polar surface area (TPSA) is 79.2 Å². The fourth-order valence-electron chi connectivity index (χ4n) is 4.16. The van der Waals surface area contributed by atoms with Gasteiger partial charge in [0.2, 0.25) is 15.9 Å². The summed E-state index contributed by atoms with van der Waals surface area (Å²) >= 11 is 0. The molecule has 30 heavy (non-hydrogen) atoms. The summed E-state index contributed by atoms with van der Waals surface area (Å²) in [6, 6.07) is 11.7. The molecule has 1 atom stereocenters. The molecule has 0 aliphatic carbocycles. The Kier molecular flexibility index (Phi) is 5.44. The number of amides is 2. The number of halogens is 1. The van der Waals surface area contributed by atoms with Crippen molar-refractivity contribution < 1.29 is 27.3 Å². The summed E-state index contributed by atoms with van der Waals surface area (Å²) in [5.41, 5.74) is 1.45. The van der Waals surface area contributed by atoms with Crippen molar-refractivity contribution in [3.8, 4) is 0 Å². The number of rotatable bonds is 4. The zero-order valence-corrected chi connectivity index (χ0v) is 17.4. The van der Waals surface area contributed by atoms with Crippen molar-refractivity contribution in [1.82, 2.24) is 4.31 Å². The van der Waals surface area contributed by atoms with E-state index in [1.54, 1.807) is 12.1 Å². The summed E-state index contributed by atoms with van der Waals surface area (Å²) in [5.74, 6) is -1.08. The molecule has 9 heteroatoms. The van der Waals surface area contributed by atoms with Gasteiger partial charge in [0.05, 0.1) is 43.2 Å². The molecule has 0 bridgehead atoms. The third kappa shape index (κ3) is 3.64. The van der Waals surface area contributed by atoms with E-state index in [2.05, 4.69) is 0 Å². The maximum atomic E-state index is 13.5. The Morgan fingerprint density at radius 2 is 1.73 bits per heavy atom. The summed E-state index contributed by atoms with van der Waals surface area (Å²) in [5, 5.41) is 0. The van der Waals surface area contributed by atoms with Gasteiger partial charge in [0.15, 0.2) is 6.04 Å². The van der Waals surface area contributed by atoms with E-state index in [1.807, 2.05) is 19.1 Å². The van der Waals surface area contributed by atoms with Gasteiger partial charge in [0, 0.05) is 0 Å². The highest BCUT2D eigenvalue weighted by Crippen LogP contribution is 2.25. The lowest BCUT2D eigenvalue weighted by molar-refractivity contribution is -0.918. The lowest BCUT2D eigenvalue weighted by atomic mass is 10.1. The summed E-state index contributed by atoms with van der Waals surface area (Å²) in [4.78, 5) is 27.7. The van der Waals surface area contributed by atoms with Crippen molar-refractivity contribution in [3.05, 3.63) is 59.9 Å². The van der Waals surface area contributed by atoms with E-state index in [4.69, 9.17) is 0 Å². The molecule has 4 rings (SSSR count). The molecule has 2 aliphatic heterocycles. The van der Waals surface area contributed by atoms with E-state index in [-0.39, 0.29) is 36.2 Å². The summed E-state index contributed by atoms with van der Waals surface area (Å²) in [6.45, 7) is 3.07. The number of carbonyl (C=O) groups excluding carboxylic acids is 2. The number of para-hydroxylation sites is 1. The first kappa shape index (κ1) is 20.6. The molecule has 1 N–H and O–H groups in total. The zero-order valence-electron chi connectivity index (χ0n) is 16.5. The lowest BCUT2D eigenvalue weighted by Crippen LogP contribution is -3.19. The highest BCUT2D eigenvalue weighted by molar-refractivity contribution is 7.89. The van der Waals surface area contributed by atoms with Gasteiger partial charge in [-0.1, -0.05) is 24.3 Å². The summed E-state index contributed by atoms with van der Waals surface area (Å²) in [7, 11) is -3.80. The quantitative estimate of drug-likeness (QED) is 0.708. The van der Waals surface area contributed by atoms with Crippen molar-refractivity contribution in [2.24, 2.45) is 0 Å². The molecule has 2 heterocycles. The minimum absolute atomic E-state index is 0.0798. The predicted octanol–water partition coefficient (Wildman–Crippen LogP) is 0.355. The number of benzene rings is 2. The van der Waals surface area contributed by atoms with Crippen LogP contribution < -0.4 is 9.80 Å². The number of nitrogens with zero attached hydrogens (tertiary/aromatic N) is 2. The number of nitrogens with one attached hydrogen (secondary N) is 1. The van der Waals surface area contributed by atoms with Gasteiger partial charge in [-0.15, -0.1) is 0 Å². The van der Waals surface area contributed by atoms with Gasteiger partial charge >= 0.3 is 0 Å². The van der Waals surface area contributed by atoms with Gasteiger partial charge < -0.3 is 4.90 Å². The normalized spacial score (nSPS) is 21.4. The Labute approximate surface area is 174 Å². The number of anilines is 1. The average molecular weight is 432 g/mol. The minimum atomic E-state index is -3.80. The number of hydrogen-bond acceptors (Lipinski definition) is 4. The van der Waals surface area contributed by atoms with Crippen LogP contribution in [-0.2, 0) is 19.6 Å². The van der Waals surface area contributed by atoms with Crippen LogP contribution in [0, 0.1) is 12.7 Å². The van der Waals surface area contributed by atoms with Crippen LogP contribution in [0.5, 0.6) is 0 Å². The number of quaternary nitrogens is 1. The predicted molar refractivity (Wildman–Crippen MR) is 108 cm³/mol. The second-order valence-corrected chi connectivity index (χ2v) is 9.57. The second kappa shape index (κ2) is 7.90. The third-order valence-electron chi connectivity index (χ3n) is 5.79. The Bertz CT molecular complexity index is 1100. The molecular formula is C21H23FN3O4S+. The SMILES string of the molecule is Cc1ccccc1N1C(=O)C[C@H]([NH+]2CCN(S(=O)(=O)c3cccc(F)c3)CC2)C1=O. The van der Waals surface area contributed by atoms with Crippen molar-refractivity contribution >= 4 is 27.5 Å². The lowest BCUT2D eigenvalue weighted by Gasteiger charge is -2.33. The first-order valence-corrected chi connectivity index (χ1v) is 11.3. The van der Waals surface area contributed by atoms with Crippen LogP contribution in [0.3, 0.4) is 0 Å². The van der Waals surface area contributed by atoms with Gasteiger partial charge in [-0.3, -0.25) is 9.59 Å². The van der Waals surface area contributed by atoms with E-state index in [9.17, 15) is 22.4 Å². The van der Waals surface area contributed by atoms with Crippen LogP contribution in [0.25, 0.3) is 0 Å². The molecule has 2 aromatic rings. The largest absolute Gasteiger partial charge is 0.322 e. The zero-order chi connectivity index (χ0) is 21.5. The molecule has 0 unspecified atom stereocenters. The number of aryl methyl sites for hydroxylation is 1. The van der Waals surface area contributed by atoms with Crippen molar-refractivity contribution in [1.29, 1.82) is 0 Å². The maximum absolute atomic E-state index is 13.5. The maximum Gasteiger partial charge on any atom is 0.292 e. The molecule has 2 aromatic carbocycles. The first-order chi connectivity index (χ1) is 14.3. The molecule has 0 saturated carbocycles. The van der Waals surface area contributed by atoms with E-state index in [0.29, 0.717) is 18.8 Å². The van der Waals surface area contributed by atoms with Crippen LogP contribution in [0.1, 0.15) is 12.0 Å². The number of hydrogen-bond donors (Lipinski definition) is 1. The summed E-state index contributed by atoms with van der Waals surface area (Å²) < 4.78 is 40.3.